The van der Waals surface area contributed by atoms with Crippen molar-refractivity contribution in [3.05, 3.63) is 5.15 Å². The second-order valence-corrected chi connectivity index (χ2v) is 4.52. The zero-order valence-corrected chi connectivity index (χ0v) is 10.6. The van der Waals surface area contributed by atoms with E-state index in [0.29, 0.717) is 11.0 Å². The summed E-state index contributed by atoms with van der Waals surface area (Å²) >= 11 is 6.95. The predicted molar refractivity (Wildman–Crippen MR) is 65.3 cm³/mol. The van der Waals surface area contributed by atoms with E-state index in [2.05, 4.69) is 19.0 Å². The van der Waals surface area contributed by atoms with Gasteiger partial charge < -0.3 is 10.1 Å². The molecule has 0 saturated carbocycles. The zero-order valence-electron chi connectivity index (χ0n) is 8.99. The SMILES string of the molecule is Clc1nsnc1NCCCN1CCOCC1. The molecule has 1 aliphatic rings. The first-order chi connectivity index (χ1) is 7.86. The molecule has 0 aromatic carbocycles. The molecule has 0 bridgehead atoms. The highest BCUT2D eigenvalue weighted by molar-refractivity contribution is 6.99. The van der Waals surface area contributed by atoms with Gasteiger partial charge in [0.05, 0.1) is 24.9 Å². The van der Waals surface area contributed by atoms with Gasteiger partial charge in [0, 0.05) is 19.6 Å². The van der Waals surface area contributed by atoms with Crippen LogP contribution in [0.1, 0.15) is 6.42 Å². The summed E-state index contributed by atoms with van der Waals surface area (Å²) in [5.41, 5.74) is 0. The lowest BCUT2D eigenvalue weighted by atomic mass is 10.3. The molecule has 1 N–H and O–H groups in total. The number of morpholine rings is 1. The molecule has 16 heavy (non-hydrogen) atoms. The second-order valence-electron chi connectivity index (χ2n) is 3.64. The van der Waals surface area contributed by atoms with Crippen LogP contribution in [0.2, 0.25) is 5.15 Å². The monoisotopic (exact) mass is 262 g/mol. The number of ether oxygens (including phenoxy) is 1. The van der Waals surface area contributed by atoms with E-state index in [4.69, 9.17) is 16.3 Å². The maximum atomic E-state index is 5.81. The quantitative estimate of drug-likeness (QED) is 0.812. The van der Waals surface area contributed by atoms with Crippen LogP contribution in [0.25, 0.3) is 0 Å². The molecule has 2 heterocycles. The van der Waals surface area contributed by atoms with Gasteiger partial charge in [-0.2, -0.15) is 8.75 Å². The van der Waals surface area contributed by atoms with Gasteiger partial charge >= 0.3 is 0 Å². The Morgan fingerprint density at radius 3 is 2.88 bits per heavy atom. The van der Waals surface area contributed by atoms with Crippen molar-refractivity contribution in [3.8, 4) is 0 Å². The second kappa shape index (κ2) is 6.34. The first kappa shape index (κ1) is 12.0. The molecular weight excluding hydrogens is 248 g/mol. The van der Waals surface area contributed by atoms with Crippen molar-refractivity contribution >= 4 is 29.1 Å². The summed E-state index contributed by atoms with van der Waals surface area (Å²) in [7, 11) is 0. The fourth-order valence-electron chi connectivity index (χ4n) is 1.62. The Balaban J connectivity index is 1.59. The first-order valence-electron chi connectivity index (χ1n) is 5.38. The third-order valence-corrected chi connectivity index (χ3v) is 3.39. The molecule has 2 rings (SSSR count). The number of nitrogens with one attached hydrogen (secondary N) is 1. The lowest BCUT2D eigenvalue weighted by Gasteiger charge is -2.26. The van der Waals surface area contributed by atoms with E-state index < -0.39 is 0 Å². The fraction of sp³-hybridized carbons (Fsp3) is 0.778. The van der Waals surface area contributed by atoms with Crippen LogP contribution in [0.5, 0.6) is 0 Å². The molecule has 0 spiro atoms. The molecule has 1 aromatic rings. The summed E-state index contributed by atoms with van der Waals surface area (Å²) in [6, 6.07) is 0. The normalized spacial score (nSPS) is 17.6. The molecular formula is C9H15ClN4OS. The van der Waals surface area contributed by atoms with Crippen molar-refractivity contribution < 1.29 is 4.74 Å². The largest absolute Gasteiger partial charge is 0.379 e. The van der Waals surface area contributed by atoms with Crippen molar-refractivity contribution in [2.75, 3.05) is 44.7 Å². The molecule has 1 saturated heterocycles. The minimum Gasteiger partial charge on any atom is -0.379 e. The van der Waals surface area contributed by atoms with Crippen molar-refractivity contribution in [3.63, 3.8) is 0 Å². The molecule has 7 heteroatoms. The van der Waals surface area contributed by atoms with Crippen molar-refractivity contribution in [2.24, 2.45) is 0 Å². The van der Waals surface area contributed by atoms with Crippen LogP contribution < -0.4 is 5.32 Å². The Labute approximate surface area is 104 Å². The van der Waals surface area contributed by atoms with Crippen LogP contribution >= 0.6 is 23.3 Å². The average molecular weight is 263 g/mol. The van der Waals surface area contributed by atoms with E-state index in [1.165, 1.54) is 0 Å². The Kier molecular flexibility index (Phi) is 4.77. The lowest BCUT2D eigenvalue weighted by molar-refractivity contribution is 0.0378. The molecule has 90 valence electrons. The minimum absolute atomic E-state index is 0.469. The van der Waals surface area contributed by atoms with Crippen molar-refractivity contribution in [2.45, 2.75) is 6.42 Å². The molecule has 1 aliphatic heterocycles. The molecule has 0 unspecified atom stereocenters. The first-order valence-corrected chi connectivity index (χ1v) is 6.49. The molecule has 1 aromatic heterocycles. The highest BCUT2D eigenvalue weighted by Crippen LogP contribution is 2.17. The minimum atomic E-state index is 0.469. The third-order valence-electron chi connectivity index (χ3n) is 2.50. The number of anilines is 1. The van der Waals surface area contributed by atoms with E-state index in [0.717, 1.165) is 57.5 Å². The maximum Gasteiger partial charge on any atom is 0.186 e. The molecule has 0 radical (unpaired) electrons. The molecule has 0 atom stereocenters. The summed E-state index contributed by atoms with van der Waals surface area (Å²) < 4.78 is 13.2. The lowest BCUT2D eigenvalue weighted by Crippen LogP contribution is -2.37. The number of halogens is 1. The number of rotatable bonds is 5. The van der Waals surface area contributed by atoms with Gasteiger partial charge in [0.25, 0.3) is 0 Å². The van der Waals surface area contributed by atoms with Gasteiger partial charge in [-0.05, 0) is 13.0 Å². The molecule has 5 nitrogen and oxygen atoms in total. The Morgan fingerprint density at radius 1 is 1.38 bits per heavy atom. The third kappa shape index (κ3) is 3.55. The van der Waals surface area contributed by atoms with Gasteiger partial charge in [-0.25, -0.2) is 0 Å². The summed E-state index contributed by atoms with van der Waals surface area (Å²) in [6.07, 6.45) is 1.08. The number of hydrogen-bond donors (Lipinski definition) is 1. The van der Waals surface area contributed by atoms with Gasteiger partial charge in [-0.1, -0.05) is 11.6 Å². The molecule has 0 aliphatic carbocycles. The van der Waals surface area contributed by atoms with Gasteiger partial charge in [0.2, 0.25) is 0 Å². The van der Waals surface area contributed by atoms with E-state index in [-0.39, 0.29) is 0 Å². The van der Waals surface area contributed by atoms with E-state index in [9.17, 15) is 0 Å². The summed E-state index contributed by atoms with van der Waals surface area (Å²) in [4.78, 5) is 2.41. The van der Waals surface area contributed by atoms with Crippen LogP contribution in [0.3, 0.4) is 0 Å². The Hall–Kier alpha value is -0.430. The fourth-order valence-corrected chi connectivity index (χ4v) is 2.30. The van der Waals surface area contributed by atoms with Gasteiger partial charge in [0.15, 0.2) is 11.0 Å². The highest BCUT2D eigenvalue weighted by Gasteiger charge is 2.09. The van der Waals surface area contributed by atoms with Crippen molar-refractivity contribution in [1.29, 1.82) is 0 Å². The summed E-state index contributed by atoms with van der Waals surface area (Å²) in [6.45, 7) is 5.76. The number of hydrogen-bond acceptors (Lipinski definition) is 6. The van der Waals surface area contributed by atoms with Crippen LogP contribution in [0, 0.1) is 0 Å². The van der Waals surface area contributed by atoms with Crippen LogP contribution in [-0.4, -0.2) is 53.0 Å². The average Bonchev–Trinajstić information content (AvgIpc) is 2.72. The number of nitrogens with zero attached hydrogens (tertiary/aromatic N) is 3. The molecule has 1 fully saturated rings. The zero-order chi connectivity index (χ0) is 11.2. The summed E-state index contributed by atoms with van der Waals surface area (Å²) in [5.74, 6) is 0.702. The maximum absolute atomic E-state index is 5.81. The highest BCUT2D eigenvalue weighted by atomic mass is 35.5. The van der Waals surface area contributed by atoms with E-state index in [1.807, 2.05) is 0 Å². The Morgan fingerprint density at radius 2 is 2.19 bits per heavy atom. The predicted octanol–water partition coefficient (Wildman–Crippen LogP) is 1.33. The topological polar surface area (TPSA) is 50.3 Å². The molecule has 0 amide bonds. The summed E-state index contributed by atoms with van der Waals surface area (Å²) in [5, 5.41) is 3.65. The van der Waals surface area contributed by atoms with E-state index in [1.54, 1.807) is 0 Å². The van der Waals surface area contributed by atoms with Gasteiger partial charge in [0.1, 0.15) is 0 Å². The smallest absolute Gasteiger partial charge is 0.186 e. The van der Waals surface area contributed by atoms with Crippen molar-refractivity contribution in [1.82, 2.24) is 13.6 Å². The van der Waals surface area contributed by atoms with Gasteiger partial charge in [-0.15, -0.1) is 0 Å². The van der Waals surface area contributed by atoms with Crippen LogP contribution in [0.15, 0.2) is 0 Å². The van der Waals surface area contributed by atoms with E-state index >= 15 is 0 Å². The van der Waals surface area contributed by atoms with Gasteiger partial charge in [-0.3, -0.25) is 4.90 Å². The van der Waals surface area contributed by atoms with Crippen LogP contribution in [0.4, 0.5) is 5.82 Å². The standard InChI is InChI=1S/C9H15ClN4OS/c10-8-9(13-16-12-8)11-2-1-3-14-4-6-15-7-5-14/h1-7H2,(H,11,13). The van der Waals surface area contributed by atoms with Crippen LogP contribution in [-0.2, 0) is 4.74 Å². The Bertz CT molecular complexity index is 316. The number of aromatic nitrogens is 2.